The lowest BCUT2D eigenvalue weighted by atomic mass is 10.0. The van der Waals surface area contributed by atoms with Crippen molar-refractivity contribution >= 4 is 41.3 Å². The highest BCUT2D eigenvalue weighted by molar-refractivity contribution is 8.01. The number of carboxylic acid groups (broad SMARTS) is 1. The minimum atomic E-state index is -1.42. The monoisotopic (exact) mass is 462 g/mol. The van der Waals surface area contributed by atoms with Crippen LogP contribution in [-0.2, 0) is 21.4 Å². The van der Waals surface area contributed by atoms with Crippen LogP contribution in [0, 0.1) is 0 Å². The second-order valence-corrected chi connectivity index (χ2v) is 8.89. The van der Waals surface area contributed by atoms with E-state index in [1.807, 2.05) is 0 Å². The fourth-order valence-electron chi connectivity index (χ4n) is 3.31. The molecule has 3 N–H and O–H groups in total. The second kappa shape index (κ2) is 8.69. The van der Waals surface area contributed by atoms with E-state index < -0.39 is 35.3 Å². The summed E-state index contributed by atoms with van der Waals surface area (Å²) in [7, 11) is 1.68. The lowest BCUT2D eigenvalue weighted by Crippen LogP contribution is -2.70. The number of amides is 2. The first-order valence-corrected chi connectivity index (χ1v) is 11.2. The van der Waals surface area contributed by atoms with Gasteiger partial charge in [0.15, 0.2) is 6.10 Å². The fraction of sp³-hybridized carbons (Fsp3) is 0.333. The molecule has 1 fully saturated rings. The Morgan fingerprint density at radius 2 is 2.10 bits per heavy atom. The van der Waals surface area contributed by atoms with E-state index in [0.29, 0.717) is 27.8 Å². The molecule has 2 aromatic rings. The molecule has 2 amide bonds. The molecule has 0 radical (unpaired) electrons. The van der Waals surface area contributed by atoms with Crippen molar-refractivity contribution in [1.29, 1.82) is 0 Å². The van der Waals surface area contributed by atoms with Crippen LogP contribution in [0.3, 0.4) is 0 Å². The number of fused-ring (bicyclic) bond motifs is 1. The van der Waals surface area contributed by atoms with Crippen LogP contribution >= 0.6 is 23.5 Å². The maximum atomic E-state index is 12.7. The minimum absolute atomic E-state index is 0.0783. The Morgan fingerprint density at radius 1 is 1.35 bits per heavy atom. The van der Waals surface area contributed by atoms with Crippen molar-refractivity contribution in [1.82, 2.24) is 30.4 Å². The van der Waals surface area contributed by atoms with E-state index in [2.05, 4.69) is 20.8 Å². The molecular formula is C18H18N6O5S2. The van der Waals surface area contributed by atoms with E-state index in [9.17, 15) is 24.6 Å². The van der Waals surface area contributed by atoms with Crippen LogP contribution in [0.4, 0.5) is 0 Å². The lowest BCUT2D eigenvalue weighted by molar-refractivity contribution is -0.151. The summed E-state index contributed by atoms with van der Waals surface area (Å²) in [6.45, 7) is 0. The highest BCUT2D eigenvalue weighted by Crippen LogP contribution is 2.41. The lowest BCUT2D eigenvalue weighted by Gasteiger charge is -2.49. The molecule has 0 saturated carbocycles. The zero-order chi connectivity index (χ0) is 22.1. The zero-order valence-electron chi connectivity index (χ0n) is 16.2. The Morgan fingerprint density at radius 3 is 2.74 bits per heavy atom. The van der Waals surface area contributed by atoms with Crippen LogP contribution in [0.5, 0.6) is 0 Å². The highest BCUT2D eigenvalue weighted by atomic mass is 32.2. The number of β-lactam (4-membered cyclic amide) rings is 1. The second-order valence-electron chi connectivity index (χ2n) is 6.84. The summed E-state index contributed by atoms with van der Waals surface area (Å²) >= 11 is 2.64. The van der Waals surface area contributed by atoms with Gasteiger partial charge >= 0.3 is 5.97 Å². The number of hydrogen-bond acceptors (Lipinski definition) is 9. The number of nitrogens with one attached hydrogen (secondary N) is 1. The number of rotatable bonds is 7. The van der Waals surface area contributed by atoms with Gasteiger partial charge in [0.25, 0.3) is 11.8 Å². The first kappa shape index (κ1) is 21.3. The van der Waals surface area contributed by atoms with Crippen LogP contribution in [0.2, 0.25) is 0 Å². The maximum Gasteiger partial charge on any atom is 0.352 e. The van der Waals surface area contributed by atoms with Crippen molar-refractivity contribution < 1.29 is 24.6 Å². The van der Waals surface area contributed by atoms with Gasteiger partial charge in [-0.1, -0.05) is 42.1 Å². The Bertz CT molecular complexity index is 1060. The van der Waals surface area contributed by atoms with E-state index in [0.717, 1.165) is 0 Å². The van der Waals surface area contributed by atoms with E-state index in [1.54, 1.807) is 37.4 Å². The van der Waals surface area contributed by atoms with E-state index in [4.69, 9.17) is 0 Å². The van der Waals surface area contributed by atoms with Crippen LogP contribution in [-0.4, -0.2) is 76.0 Å². The van der Waals surface area contributed by atoms with Crippen molar-refractivity contribution in [2.45, 2.75) is 22.7 Å². The Balaban J connectivity index is 1.46. The van der Waals surface area contributed by atoms with Gasteiger partial charge in [-0.25, -0.2) is 9.48 Å². The number of aliphatic carboxylic acids is 1. The number of carboxylic acids is 1. The summed E-state index contributed by atoms with van der Waals surface area (Å²) in [5.41, 5.74) is 0.901. The normalized spacial score (nSPS) is 21.4. The summed E-state index contributed by atoms with van der Waals surface area (Å²) in [6, 6.07) is 7.46. The molecule has 4 rings (SSSR count). The number of aliphatic hydroxyl groups excluding tert-OH is 1. The molecular weight excluding hydrogens is 444 g/mol. The number of carbonyl (C=O) groups is 3. The van der Waals surface area contributed by atoms with Gasteiger partial charge in [0.05, 0.1) is 0 Å². The zero-order valence-corrected chi connectivity index (χ0v) is 17.8. The van der Waals surface area contributed by atoms with Gasteiger partial charge in [0.2, 0.25) is 5.16 Å². The van der Waals surface area contributed by atoms with Gasteiger partial charge in [0, 0.05) is 18.6 Å². The third-order valence-electron chi connectivity index (χ3n) is 4.87. The molecule has 0 spiro atoms. The summed E-state index contributed by atoms with van der Waals surface area (Å²) in [4.78, 5) is 38.2. The number of thioether (sulfide) groups is 2. The SMILES string of the molecule is Cn1nnnc1SCC1=C(C(=O)O)N2C(=O)[C@H](NC(=O)[C@@H](O)c3ccccc3)[C@@H]2SC1. The number of hydrogen-bond donors (Lipinski definition) is 3. The minimum Gasteiger partial charge on any atom is -0.477 e. The predicted octanol–water partition coefficient (Wildman–Crippen LogP) is -0.226. The van der Waals surface area contributed by atoms with E-state index >= 15 is 0 Å². The molecule has 162 valence electrons. The van der Waals surface area contributed by atoms with Gasteiger partial charge in [-0.2, -0.15) is 0 Å². The predicted molar refractivity (Wildman–Crippen MR) is 111 cm³/mol. The summed E-state index contributed by atoms with van der Waals surface area (Å²) in [5.74, 6) is -1.75. The molecule has 1 aromatic heterocycles. The smallest absolute Gasteiger partial charge is 0.352 e. The van der Waals surface area contributed by atoms with Crippen molar-refractivity contribution in [3.63, 3.8) is 0 Å². The summed E-state index contributed by atoms with van der Waals surface area (Å²) in [6.07, 6.45) is -1.42. The van der Waals surface area contributed by atoms with Crippen LogP contribution < -0.4 is 5.32 Å². The first-order chi connectivity index (χ1) is 14.9. The van der Waals surface area contributed by atoms with Gasteiger partial charge in [-0.3, -0.25) is 14.5 Å². The highest BCUT2D eigenvalue weighted by Gasteiger charge is 2.54. The first-order valence-electron chi connectivity index (χ1n) is 9.17. The molecule has 1 saturated heterocycles. The number of aliphatic hydroxyl groups is 1. The molecule has 0 aliphatic carbocycles. The van der Waals surface area contributed by atoms with Crippen molar-refractivity contribution in [2.75, 3.05) is 11.5 Å². The topological polar surface area (TPSA) is 151 Å². The Hall–Kier alpha value is -2.90. The Labute approximate surface area is 184 Å². The molecule has 0 bridgehead atoms. The maximum absolute atomic E-state index is 12.7. The molecule has 0 unspecified atom stereocenters. The van der Waals surface area contributed by atoms with E-state index in [-0.39, 0.29) is 5.70 Å². The van der Waals surface area contributed by atoms with Gasteiger partial charge < -0.3 is 15.5 Å². The van der Waals surface area contributed by atoms with Gasteiger partial charge in [-0.05, 0) is 21.6 Å². The molecule has 2 aliphatic heterocycles. The Kier molecular flexibility index (Phi) is 5.98. The number of tetrazole rings is 1. The van der Waals surface area contributed by atoms with E-state index in [1.165, 1.54) is 33.1 Å². The molecule has 11 nitrogen and oxygen atoms in total. The number of carbonyl (C=O) groups excluding carboxylic acids is 2. The van der Waals surface area contributed by atoms with Crippen molar-refractivity contribution in [3.8, 4) is 0 Å². The van der Waals surface area contributed by atoms with Crippen LogP contribution in [0.25, 0.3) is 0 Å². The van der Waals surface area contributed by atoms with Crippen LogP contribution in [0.1, 0.15) is 11.7 Å². The number of benzene rings is 1. The number of aromatic nitrogens is 4. The average Bonchev–Trinajstić information content (AvgIpc) is 3.19. The molecule has 2 aliphatic rings. The standard InChI is InChI=1S/C18H18N6O5S2/c1-23-18(20-21-22-23)31-8-10-7-30-16-11(15(27)24(16)12(10)17(28)29)19-14(26)13(25)9-5-3-2-4-6-9/h2-6,11,13,16,25H,7-8H2,1H3,(H,19,26)(H,28,29)/t11-,13-,16-/m0/s1. The van der Waals surface area contributed by atoms with Crippen molar-refractivity contribution in [3.05, 3.63) is 47.2 Å². The molecule has 1 aromatic carbocycles. The quantitative estimate of drug-likeness (QED) is 0.372. The van der Waals surface area contributed by atoms with Gasteiger partial charge in [0.1, 0.15) is 17.1 Å². The molecule has 13 heteroatoms. The summed E-state index contributed by atoms with van der Waals surface area (Å²) < 4.78 is 1.48. The average molecular weight is 463 g/mol. The third-order valence-corrected chi connectivity index (χ3v) is 7.30. The molecule has 3 atom stereocenters. The van der Waals surface area contributed by atoms with Gasteiger partial charge in [-0.15, -0.1) is 16.9 Å². The van der Waals surface area contributed by atoms with Crippen LogP contribution in [0.15, 0.2) is 46.8 Å². The third kappa shape index (κ3) is 4.03. The summed E-state index contributed by atoms with van der Waals surface area (Å²) in [5, 5.41) is 33.6. The molecule has 31 heavy (non-hydrogen) atoms. The van der Waals surface area contributed by atoms with Crippen molar-refractivity contribution in [2.24, 2.45) is 7.05 Å². The fourth-order valence-corrected chi connectivity index (χ4v) is 5.64. The number of nitrogens with zero attached hydrogens (tertiary/aromatic N) is 5. The largest absolute Gasteiger partial charge is 0.477 e. The molecule has 3 heterocycles. The number of aryl methyl sites for hydroxylation is 1.